The van der Waals surface area contributed by atoms with Crippen molar-refractivity contribution in [1.82, 2.24) is 0 Å². The Morgan fingerprint density at radius 1 is 0.893 bits per heavy atom. The molecule has 0 heterocycles. The lowest BCUT2D eigenvalue weighted by Crippen LogP contribution is -2.55. The van der Waals surface area contributed by atoms with Crippen LogP contribution in [0.4, 0.5) is 0 Å². The molecule has 5 aliphatic carbocycles. The third-order valence-electron chi connectivity index (χ3n) is 8.97. The first-order valence-corrected chi connectivity index (χ1v) is 11.3. The Balaban J connectivity index is 1.61. The number of carbonyl (C=O) groups excluding carboxylic acids is 2. The van der Waals surface area contributed by atoms with Gasteiger partial charge in [0.25, 0.3) is 0 Å². The first-order chi connectivity index (χ1) is 13.7. The van der Waals surface area contributed by atoms with E-state index < -0.39 is 10.8 Å². The van der Waals surface area contributed by atoms with E-state index in [1.54, 1.807) is 0 Å². The molecule has 0 bridgehead atoms. The molecule has 3 saturated carbocycles. The summed E-state index contributed by atoms with van der Waals surface area (Å²) in [5, 5.41) is 0. The van der Waals surface area contributed by atoms with Crippen LogP contribution in [0.2, 0.25) is 0 Å². The van der Waals surface area contributed by atoms with Gasteiger partial charge in [-0.2, -0.15) is 0 Å². The molecule has 0 saturated heterocycles. The van der Waals surface area contributed by atoms with Gasteiger partial charge < -0.3 is 0 Å². The second-order valence-corrected chi connectivity index (χ2v) is 9.74. The van der Waals surface area contributed by atoms with Crippen LogP contribution in [0, 0.1) is 28.6 Å². The molecule has 28 heavy (non-hydrogen) atoms. The fraction of sp³-hybridized carbons (Fsp3) is 0.538. The van der Waals surface area contributed by atoms with Crippen molar-refractivity contribution in [3.63, 3.8) is 0 Å². The largest absolute Gasteiger partial charge is 0.298 e. The predicted octanol–water partition coefficient (Wildman–Crippen LogP) is 5.64. The summed E-state index contributed by atoms with van der Waals surface area (Å²) in [7, 11) is 0. The Bertz CT molecular complexity index is 924. The highest BCUT2D eigenvalue weighted by atomic mass is 16.1. The molecule has 0 aliphatic heterocycles. The molecule has 0 N–H and O–H groups in total. The van der Waals surface area contributed by atoms with E-state index >= 15 is 0 Å². The van der Waals surface area contributed by atoms with Crippen molar-refractivity contribution >= 4 is 11.6 Å². The van der Waals surface area contributed by atoms with Crippen LogP contribution in [0.15, 0.2) is 48.6 Å². The van der Waals surface area contributed by atoms with E-state index in [1.165, 1.54) is 12.0 Å². The summed E-state index contributed by atoms with van der Waals surface area (Å²) in [5.74, 6) is 1.65. The molecule has 1 aromatic rings. The molecule has 0 aromatic heterocycles. The molecule has 144 valence electrons. The predicted molar refractivity (Wildman–Crippen MR) is 109 cm³/mol. The maximum absolute atomic E-state index is 14.2. The molecule has 1 aromatic carbocycles. The maximum Gasteiger partial charge on any atom is 0.171 e. The minimum Gasteiger partial charge on any atom is -0.298 e. The first kappa shape index (κ1) is 16.9. The second-order valence-electron chi connectivity index (χ2n) is 9.74. The second kappa shape index (κ2) is 5.78. The van der Waals surface area contributed by atoms with E-state index in [2.05, 4.69) is 36.4 Å². The van der Waals surface area contributed by atoms with Crippen molar-refractivity contribution in [3.8, 4) is 0 Å². The minimum absolute atomic E-state index is 0.152. The molecule has 2 heteroatoms. The summed E-state index contributed by atoms with van der Waals surface area (Å²) in [6.07, 6.45) is 17.4. The number of rotatable bonds is 1. The summed E-state index contributed by atoms with van der Waals surface area (Å²) in [5.41, 5.74) is 0.928. The van der Waals surface area contributed by atoms with E-state index in [0.29, 0.717) is 11.7 Å². The highest BCUT2D eigenvalue weighted by Gasteiger charge is 2.73. The molecule has 0 amide bonds. The number of Topliss-reactive ketones (excluding diaryl/α,β-unsaturated/α-hetero) is 2. The number of benzene rings is 1. The molecule has 6 atom stereocenters. The van der Waals surface area contributed by atoms with Gasteiger partial charge >= 0.3 is 0 Å². The van der Waals surface area contributed by atoms with Crippen LogP contribution in [-0.2, 0) is 4.79 Å². The van der Waals surface area contributed by atoms with Crippen LogP contribution in [0.5, 0.6) is 0 Å². The van der Waals surface area contributed by atoms with Gasteiger partial charge in [0, 0.05) is 11.5 Å². The van der Waals surface area contributed by atoms with Gasteiger partial charge in [-0.15, -0.1) is 0 Å². The van der Waals surface area contributed by atoms with Crippen LogP contribution in [0.1, 0.15) is 73.2 Å². The number of hydrogen-bond acceptors (Lipinski definition) is 2. The fourth-order valence-corrected chi connectivity index (χ4v) is 8.07. The third-order valence-corrected chi connectivity index (χ3v) is 8.97. The van der Waals surface area contributed by atoms with Gasteiger partial charge in [-0.3, -0.25) is 9.59 Å². The van der Waals surface area contributed by atoms with Gasteiger partial charge in [-0.25, -0.2) is 0 Å². The zero-order chi connectivity index (χ0) is 18.9. The van der Waals surface area contributed by atoms with Crippen molar-refractivity contribution in [3.05, 3.63) is 59.7 Å². The summed E-state index contributed by atoms with van der Waals surface area (Å²) < 4.78 is 0. The van der Waals surface area contributed by atoms with Crippen molar-refractivity contribution in [2.24, 2.45) is 28.6 Å². The third kappa shape index (κ3) is 1.76. The van der Waals surface area contributed by atoms with E-state index in [1.807, 2.05) is 12.1 Å². The van der Waals surface area contributed by atoms with E-state index in [0.717, 1.165) is 50.5 Å². The average Bonchev–Trinajstić information content (AvgIpc) is 3.18. The van der Waals surface area contributed by atoms with Crippen LogP contribution < -0.4 is 0 Å². The summed E-state index contributed by atoms with van der Waals surface area (Å²) in [4.78, 5) is 28.3. The summed E-state index contributed by atoms with van der Waals surface area (Å²) in [6, 6.07) is 8.23. The van der Waals surface area contributed by atoms with Crippen LogP contribution in [-0.4, -0.2) is 11.6 Å². The van der Waals surface area contributed by atoms with Crippen molar-refractivity contribution in [2.45, 2.75) is 57.3 Å². The Kier molecular flexibility index (Phi) is 3.50. The lowest BCUT2D eigenvalue weighted by molar-refractivity contribution is -0.134. The smallest absolute Gasteiger partial charge is 0.171 e. The standard InChI is InChI=1S/C26H28O2/c27-23-19-11-3-1-9-17(19)21-13-5-7-15-25(21,23)26-16-8-6-14-22(26)18-10-2-4-12-20(18)24(26)28/h1,3,6,8-9,11,14,16,18,20-22H,2,4-5,7,10,12-13,15H2/t18-,20?,21-,22-,25+,26+/m1/s1. The number of ketones is 2. The van der Waals surface area contributed by atoms with E-state index in [4.69, 9.17) is 0 Å². The van der Waals surface area contributed by atoms with Gasteiger partial charge in [0.2, 0.25) is 0 Å². The zero-order valence-electron chi connectivity index (χ0n) is 16.4. The average molecular weight is 373 g/mol. The molecule has 0 spiro atoms. The summed E-state index contributed by atoms with van der Waals surface area (Å²) >= 11 is 0. The molecular weight excluding hydrogens is 344 g/mol. The number of allylic oxidation sites excluding steroid dienone is 4. The Labute approximate surface area is 167 Å². The Morgan fingerprint density at radius 2 is 1.71 bits per heavy atom. The topological polar surface area (TPSA) is 34.1 Å². The first-order valence-electron chi connectivity index (χ1n) is 11.3. The Hall–Kier alpha value is -1.96. The molecule has 3 fully saturated rings. The molecule has 1 unspecified atom stereocenters. The monoisotopic (exact) mass is 372 g/mol. The molecule has 6 rings (SSSR count). The normalized spacial score (nSPS) is 43.4. The quantitative estimate of drug-likeness (QED) is 0.639. The molecule has 5 aliphatic rings. The Morgan fingerprint density at radius 3 is 2.64 bits per heavy atom. The molecule has 2 nitrogen and oxygen atoms in total. The fourth-order valence-electron chi connectivity index (χ4n) is 8.07. The van der Waals surface area contributed by atoms with Crippen LogP contribution in [0.25, 0.3) is 0 Å². The van der Waals surface area contributed by atoms with E-state index in [-0.39, 0.29) is 23.5 Å². The zero-order valence-corrected chi connectivity index (χ0v) is 16.4. The van der Waals surface area contributed by atoms with E-state index in [9.17, 15) is 9.59 Å². The summed E-state index contributed by atoms with van der Waals surface area (Å²) in [6.45, 7) is 0. The van der Waals surface area contributed by atoms with Gasteiger partial charge in [0.1, 0.15) is 5.78 Å². The molecular formula is C26H28O2. The SMILES string of the molecule is O=C1C2CCCC[C@H]2[C@H]2C=CC=C[C@@]12[C@@]12CCCC[C@@H]1c1ccccc1C2=O. The number of fused-ring (bicyclic) bond motifs is 7. The highest BCUT2D eigenvalue weighted by Crippen LogP contribution is 2.71. The van der Waals surface area contributed by atoms with Crippen LogP contribution in [0.3, 0.4) is 0 Å². The van der Waals surface area contributed by atoms with Gasteiger partial charge in [-0.1, -0.05) is 74.3 Å². The van der Waals surface area contributed by atoms with Gasteiger partial charge in [0.15, 0.2) is 5.78 Å². The van der Waals surface area contributed by atoms with Crippen molar-refractivity contribution in [2.75, 3.05) is 0 Å². The highest BCUT2D eigenvalue weighted by molar-refractivity contribution is 6.11. The van der Waals surface area contributed by atoms with Crippen molar-refractivity contribution in [1.29, 1.82) is 0 Å². The van der Waals surface area contributed by atoms with Crippen molar-refractivity contribution < 1.29 is 9.59 Å². The number of hydrogen-bond donors (Lipinski definition) is 0. The van der Waals surface area contributed by atoms with Crippen LogP contribution >= 0.6 is 0 Å². The lowest BCUT2D eigenvalue weighted by Gasteiger charge is -2.52. The van der Waals surface area contributed by atoms with Gasteiger partial charge in [-0.05, 0) is 49.0 Å². The van der Waals surface area contributed by atoms with Gasteiger partial charge in [0.05, 0.1) is 10.8 Å². The number of carbonyl (C=O) groups is 2. The lowest BCUT2D eigenvalue weighted by atomic mass is 9.47. The minimum atomic E-state index is -0.622. The maximum atomic E-state index is 14.2. The molecule has 0 radical (unpaired) electrons.